The zero-order valence-corrected chi connectivity index (χ0v) is 16.6. The van der Waals surface area contributed by atoms with Gasteiger partial charge < -0.3 is 16.0 Å². The average Bonchev–Trinajstić information content (AvgIpc) is 2.70. The number of rotatable bonds is 6. The molecule has 1 aromatic heterocycles. The third kappa shape index (κ3) is 5.38. The Balaban J connectivity index is 1.65. The molecule has 0 aliphatic heterocycles. The molecule has 0 fully saturated rings. The van der Waals surface area contributed by atoms with Crippen LogP contribution >= 0.6 is 0 Å². The Morgan fingerprint density at radius 3 is 2.10 bits per heavy atom. The van der Waals surface area contributed by atoms with Crippen molar-refractivity contribution in [2.45, 2.75) is 26.7 Å². The summed E-state index contributed by atoms with van der Waals surface area (Å²) < 4.78 is 0. The first-order chi connectivity index (χ1) is 13.9. The second kappa shape index (κ2) is 8.97. The minimum Gasteiger partial charge on any atom is -0.326 e. The van der Waals surface area contributed by atoms with Crippen molar-refractivity contribution in [1.82, 2.24) is 9.97 Å². The maximum absolute atomic E-state index is 12.5. The molecule has 3 rings (SSSR count). The van der Waals surface area contributed by atoms with E-state index in [1.54, 1.807) is 24.3 Å². The van der Waals surface area contributed by atoms with Crippen LogP contribution in [-0.2, 0) is 4.79 Å². The van der Waals surface area contributed by atoms with Crippen molar-refractivity contribution >= 4 is 34.8 Å². The molecule has 0 radical (unpaired) electrons. The molecule has 0 aliphatic rings. The molecule has 29 heavy (non-hydrogen) atoms. The van der Waals surface area contributed by atoms with Crippen molar-refractivity contribution in [2.24, 2.45) is 0 Å². The van der Waals surface area contributed by atoms with E-state index >= 15 is 0 Å². The summed E-state index contributed by atoms with van der Waals surface area (Å²) in [6.07, 6.45) is 2.96. The van der Waals surface area contributed by atoms with Gasteiger partial charge in [-0.1, -0.05) is 32.0 Å². The molecule has 0 unspecified atom stereocenters. The van der Waals surface area contributed by atoms with E-state index in [0.717, 1.165) is 16.9 Å². The summed E-state index contributed by atoms with van der Waals surface area (Å²) in [5.41, 5.74) is 3.70. The van der Waals surface area contributed by atoms with Crippen LogP contribution in [0.3, 0.4) is 0 Å². The quantitative estimate of drug-likeness (QED) is 0.575. The molecule has 0 atom stereocenters. The molecule has 3 aromatic rings. The summed E-state index contributed by atoms with van der Waals surface area (Å²) in [5, 5.41) is 8.69. The third-order valence-electron chi connectivity index (χ3n) is 4.21. The number of carbonyl (C=O) groups excluding carboxylic acids is 2. The fourth-order valence-corrected chi connectivity index (χ4v) is 2.79. The number of nitrogens with one attached hydrogen (secondary N) is 3. The topological polar surface area (TPSA) is 96.0 Å². The Bertz CT molecular complexity index is 998. The first-order valence-electron chi connectivity index (χ1n) is 9.29. The Morgan fingerprint density at radius 2 is 1.48 bits per heavy atom. The molecule has 1 heterocycles. The van der Waals surface area contributed by atoms with Crippen LogP contribution in [0.1, 0.15) is 42.6 Å². The number of para-hydroxylation sites is 1. The largest absolute Gasteiger partial charge is 0.326 e. The number of hydrogen-bond donors (Lipinski definition) is 3. The van der Waals surface area contributed by atoms with E-state index in [2.05, 4.69) is 39.8 Å². The highest BCUT2D eigenvalue weighted by molar-refractivity contribution is 6.04. The van der Waals surface area contributed by atoms with Gasteiger partial charge in [0.15, 0.2) is 0 Å². The Kier molecular flexibility index (Phi) is 6.19. The van der Waals surface area contributed by atoms with E-state index < -0.39 is 0 Å². The molecule has 0 spiro atoms. The average molecular weight is 389 g/mol. The van der Waals surface area contributed by atoms with Gasteiger partial charge >= 0.3 is 0 Å². The van der Waals surface area contributed by atoms with Gasteiger partial charge in [-0.15, -0.1) is 0 Å². The highest BCUT2D eigenvalue weighted by Gasteiger charge is 2.12. The Hall–Kier alpha value is -3.74. The van der Waals surface area contributed by atoms with E-state index in [0.29, 0.717) is 23.1 Å². The summed E-state index contributed by atoms with van der Waals surface area (Å²) in [7, 11) is 0. The molecule has 0 bridgehead atoms. The van der Waals surface area contributed by atoms with Crippen LogP contribution in [0.5, 0.6) is 0 Å². The van der Waals surface area contributed by atoms with Gasteiger partial charge in [0.05, 0.1) is 5.56 Å². The molecule has 0 saturated carbocycles. The number of nitrogens with zero attached hydrogens (tertiary/aromatic N) is 2. The second-order valence-electron chi connectivity index (χ2n) is 6.87. The van der Waals surface area contributed by atoms with Gasteiger partial charge in [0, 0.05) is 36.4 Å². The van der Waals surface area contributed by atoms with Gasteiger partial charge in [-0.3, -0.25) is 9.59 Å². The normalized spacial score (nSPS) is 10.5. The van der Waals surface area contributed by atoms with Crippen LogP contribution in [0.2, 0.25) is 0 Å². The highest BCUT2D eigenvalue weighted by Crippen LogP contribution is 2.24. The van der Waals surface area contributed by atoms with Crippen LogP contribution < -0.4 is 16.0 Å². The predicted octanol–water partition coefficient (Wildman–Crippen LogP) is 4.55. The fraction of sp³-hybridized carbons (Fsp3) is 0.182. The molecule has 148 valence electrons. The molecule has 2 amide bonds. The third-order valence-corrected chi connectivity index (χ3v) is 4.21. The highest BCUT2D eigenvalue weighted by atomic mass is 16.2. The van der Waals surface area contributed by atoms with Crippen molar-refractivity contribution in [1.29, 1.82) is 0 Å². The van der Waals surface area contributed by atoms with Gasteiger partial charge in [-0.25, -0.2) is 9.97 Å². The predicted molar refractivity (Wildman–Crippen MR) is 115 cm³/mol. The van der Waals surface area contributed by atoms with Crippen LogP contribution in [0.4, 0.5) is 23.0 Å². The van der Waals surface area contributed by atoms with Gasteiger partial charge in [0.2, 0.25) is 11.9 Å². The van der Waals surface area contributed by atoms with Gasteiger partial charge in [-0.2, -0.15) is 0 Å². The minimum absolute atomic E-state index is 0.126. The SMILES string of the molecule is CC(=O)Nc1ccc(Nc2ncc(C(=O)Nc3ccccc3C(C)C)cn2)cc1. The molecule has 0 saturated heterocycles. The van der Waals surface area contributed by atoms with E-state index in [1.165, 1.54) is 19.3 Å². The van der Waals surface area contributed by atoms with Gasteiger partial charge in [0.25, 0.3) is 5.91 Å². The van der Waals surface area contributed by atoms with Gasteiger partial charge in [0.1, 0.15) is 0 Å². The zero-order chi connectivity index (χ0) is 20.8. The molecule has 7 heteroatoms. The Labute approximate surface area is 169 Å². The van der Waals surface area contributed by atoms with E-state index in [9.17, 15) is 9.59 Å². The lowest BCUT2D eigenvalue weighted by atomic mass is 10.0. The lowest BCUT2D eigenvalue weighted by molar-refractivity contribution is -0.114. The first kappa shape index (κ1) is 20.0. The summed E-state index contributed by atoms with van der Waals surface area (Å²) in [6.45, 7) is 5.62. The number of hydrogen-bond acceptors (Lipinski definition) is 5. The number of aromatic nitrogens is 2. The lowest BCUT2D eigenvalue weighted by Gasteiger charge is -2.13. The van der Waals surface area contributed by atoms with Crippen molar-refractivity contribution in [3.05, 3.63) is 72.1 Å². The maximum atomic E-state index is 12.5. The maximum Gasteiger partial charge on any atom is 0.258 e. The summed E-state index contributed by atoms with van der Waals surface area (Å²) in [4.78, 5) is 32.0. The summed E-state index contributed by atoms with van der Waals surface area (Å²) in [5.74, 6) is 0.283. The van der Waals surface area contributed by atoms with Crippen LogP contribution in [0.15, 0.2) is 60.9 Å². The van der Waals surface area contributed by atoms with Crippen molar-refractivity contribution in [2.75, 3.05) is 16.0 Å². The summed E-state index contributed by atoms with van der Waals surface area (Å²) >= 11 is 0. The molecule has 2 aromatic carbocycles. The van der Waals surface area contributed by atoms with E-state index in [1.807, 2.05) is 24.3 Å². The zero-order valence-electron chi connectivity index (χ0n) is 16.6. The number of benzene rings is 2. The van der Waals surface area contributed by atoms with Crippen LogP contribution in [-0.4, -0.2) is 21.8 Å². The van der Waals surface area contributed by atoms with E-state index in [-0.39, 0.29) is 11.8 Å². The number of amides is 2. The first-order valence-corrected chi connectivity index (χ1v) is 9.29. The van der Waals surface area contributed by atoms with Crippen LogP contribution in [0.25, 0.3) is 0 Å². The molecular formula is C22H23N5O2. The smallest absolute Gasteiger partial charge is 0.258 e. The van der Waals surface area contributed by atoms with E-state index in [4.69, 9.17) is 0 Å². The molecule has 7 nitrogen and oxygen atoms in total. The van der Waals surface area contributed by atoms with Crippen molar-refractivity contribution in [3.63, 3.8) is 0 Å². The lowest BCUT2D eigenvalue weighted by Crippen LogP contribution is -2.14. The summed E-state index contributed by atoms with van der Waals surface area (Å²) in [6, 6.07) is 14.9. The number of anilines is 4. The standard InChI is InChI=1S/C22H23N5O2/c1-14(2)19-6-4-5-7-20(19)27-21(29)16-12-23-22(24-13-16)26-18-10-8-17(9-11-18)25-15(3)28/h4-14H,1-3H3,(H,25,28)(H,27,29)(H,23,24,26). The molecule has 0 aliphatic carbocycles. The minimum atomic E-state index is -0.260. The molecule has 3 N–H and O–H groups in total. The second-order valence-corrected chi connectivity index (χ2v) is 6.87. The fourth-order valence-electron chi connectivity index (χ4n) is 2.79. The van der Waals surface area contributed by atoms with Crippen LogP contribution in [0, 0.1) is 0 Å². The van der Waals surface area contributed by atoms with Crippen molar-refractivity contribution in [3.8, 4) is 0 Å². The van der Waals surface area contributed by atoms with Gasteiger partial charge in [-0.05, 0) is 41.8 Å². The van der Waals surface area contributed by atoms with Crippen molar-refractivity contribution < 1.29 is 9.59 Å². The number of carbonyl (C=O) groups is 2. The molecular weight excluding hydrogens is 366 g/mol. The Morgan fingerprint density at radius 1 is 0.862 bits per heavy atom. The monoisotopic (exact) mass is 389 g/mol.